The summed E-state index contributed by atoms with van der Waals surface area (Å²) < 4.78 is 0. The highest BCUT2D eigenvalue weighted by molar-refractivity contribution is 5.68. The lowest BCUT2D eigenvalue weighted by atomic mass is 10.2. The smallest absolute Gasteiger partial charge is 0.305 e. The van der Waals surface area contributed by atoms with E-state index in [0.717, 1.165) is 0 Å². The van der Waals surface area contributed by atoms with E-state index in [1.165, 1.54) is 0 Å². The van der Waals surface area contributed by atoms with E-state index in [1.54, 1.807) is 13.8 Å². The second-order valence-corrected chi connectivity index (χ2v) is 1.94. The van der Waals surface area contributed by atoms with Crippen molar-refractivity contribution in [1.82, 2.24) is 0 Å². The predicted octanol–water partition coefficient (Wildman–Crippen LogP) is -0.302. The maximum Gasteiger partial charge on any atom is 0.305 e. The molecule has 4 nitrogen and oxygen atoms in total. The van der Waals surface area contributed by atoms with Gasteiger partial charge in [-0.05, 0) is 0 Å². The molecule has 0 aromatic rings. The van der Waals surface area contributed by atoms with E-state index in [4.69, 9.17) is 15.3 Å². The van der Waals surface area contributed by atoms with Crippen LogP contribution < -0.4 is 0 Å². The summed E-state index contributed by atoms with van der Waals surface area (Å²) >= 11 is 0. The summed E-state index contributed by atoms with van der Waals surface area (Å²) in [6, 6.07) is 0. The molecule has 10 heavy (non-hydrogen) atoms. The second-order valence-electron chi connectivity index (χ2n) is 1.94. The van der Waals surface area contributed by atoms with Crippen molar-refractivity contribution in [2.24, 2.45) is 5.92 Å². The molecule has 0 aromatic carbocycles. The molecule has 0 heterocycles. The first-order chi connectivity index (χ1) is 4.56. The fraction of sp³-hybridized carbons (Fsp3) is 0.833. The molecule has 4 heteroatoms. The van der Waals surface area contributed by atoms with Gasteiger partial charge in [-0.3, -0.25) is 4.79 Å². The quantitative estimate of drug-likeness (QED) is 0.505. The number of aliphatic carboxylic acids is 1. The van der Waals surface area contributed by atoms with Crippen molar-refractivity contribution in [2.75, 3.05) is 13.2 Å². The van der Waals surface area contributed by atoms with Crippen molar-refractivity contribution in [1.29, 1.82) is 0 Å². The van der Waals surface area contributed by atoms with Gasteiger partial charge in [0.15, 0.2) is 0 Å². The number of aliphatic hydroxyl groups excluding tert-OH is 2. The first kappa shape index (κ1) is 12.1. The fourth-order valence-corrected chi connectivity index (χ4v) is 0. The molecule has 0 radical (unpaired) electrons. The number of rotatable bonds is 2. The maximum absolute atomic E-state index is 9.70. The summed E-state index contributed by atoms with van der Waals surface area (Å²) in [6.07, 6.45) is 0. The summed E-state index contributed by atoms with van der Waals surface area (Å²) in [5, 5.41) is 23.2. The van der Waals surface area contributed by atoms with Crippen molar-refractivity contribution in [2.45, 2.75) is 13.8 Å². The van der Waals surface area contributed by atoms with Crippen LogP contribution in [0.4, 0.5) is 0 Å². The summed E-state index contributed by atoms with van der Waals surface area (Å²) in [5.41, 5.74) is 0. The van der Waals surface area contributed by atoms with Gasteiger partial charge in [-0.15, -0.1) is 0 Å². The molecule has 0 atom stereocenters. The van der Waals surface area contributed by atoms with E-state index >= 15 is 0 Å². The molecular weight excluding hydrogens is 136 g/mol. The van der Waals surface area contributed by atoms with Crippen LogP contribution in [-0.4, -0.2) is 34.5 Å². The van der Waals surface area contributed by atoms with E-state index in [2.05, 4.69) is 0 Å². The lowest BCUT2D eigenvalue weighted by Crippen LogP contribution is -2.03. The van der Waals surface area contributed by atoms with Gasteiger partial charge in [-0.25, -0.2) is 0 Å². The van der Waals surface area contributed by atoms with Crippen LogP contribution in [0.3, 0.4) is 0 Å². The van der Waals surface area contributed by atoms with E-state index in [0.29, 0.717) is 0 Å². The molecule has 0 aliphatic heterocycles. The molecule has 0 aliphatic carbocycles. The van der Waals surface area contributed by atoms with Gasteiger partial charge in [0.05, 0.1) is 19.1 Å². The molecule has 62 valence electrons. The number of aliphatic hydroxyl groups is 2. The zero-order valence-corrected chi connectivity index (χ0v) is 6.24. The Balaban J connectivity index is 0. The number of carbonyl (C=O) groups is 1. The Morgan fingerprint density at radius 1 is 1.30 bits per heavy atom. The minimum absolute atomic E-state index is 0.125. The average Bonchev–Trinajstić information content (AvgIpc) is 1.89. The van der Waals surface area contributed by atoms with Gasteiger partial charge in [0, 0.05) is 0 Å². The Labute approximate surface area is 60.1 Å². The third kappa shape index (κ3) is 15.7. The molecule has 0 amide bonds. The van der Waals surface area contributed by atoms with Crippen LogP contribution in [-0.2, 0) is 4.79 Å². The molecule has 0 saturated carbocycles. The Kier molecular flexibility index (Phi) is 10.2. The van der Waals surface area contributed by atoms with Crippen LogP contribution >= 0.6 is 0 Å². The summed E-state index contributed by atoms with van der Waals surface area (Å²) in [7, 11) is 0. The van der Waals surface area contributed by atoms with Crippen molar-refractivity contribution in [3.05, 3.63) is 0 Å². The lowest BCUT2D eigenvalue weighted by molar-refractivity contribution is -0.140. The van der Waals surface area contributed by atoms with Crippen molar-refractivity contribution >= 4 is 5.97 Å². The van der Waals surface area contributed by atoms with Gasteiger partial charge in [-0.1, -0.05) is 13.8 Å². The normalized spacial score (nSPS) is 8.50. The molecule has 0 bridgehead atoms. The van der Waals surface area contributed by atoms with E-state index < -0.39 is 5.97 Å². The predicted molar refractivity (Wildman–Crippen MR) is 36.6 cm³/mol. The van der Waals surface area contributed by atoms with Crippen LogP contribution in [0, 0.1) is 5.92 Å². The first-order valence-electron chi connectivity index (χ1n) is 3.00. The van der Waals surface area contributed by atoms with Crippen LogP contribution in [0.25, 0.3) is 0 Å². The number of carboxylic acids is 1. The Morgan fingerprint density at radius 3 is 1.50 bits per heavy atom. The van der Waals surface area contributed by atoms with Crippen LogP contribution in [0.1, 0.15) is 13.8 Å². The first-order valence-corrected chi connectivity index (χ1v) is 3.00. The highest BCUT2D eigenvalue weighted by atomic mass is 16.4. The van der Waals surface area contributed by atoms with Crippen LogP contribution in [0.15, 0.2) is 0 Å². The van der Waals surface area contributed by atoms with Crippen molar-refractivity contribution < 1.29 is 20.1 Å². The number of hydrogen-bond acceptors (Lipinski definition) is 3. The van der Waals surface area contributed by atoms with Crippen LogP contribution in [0.2, 0.25) is 0 Å². The minimum Gasteiger partial charge on any atom is -0.481 e. The van der Waals surface area contributed by atoms with E-state index in [9.17, 15) is 4.79 Å². The standard InChI is InChI=1S/C4H8O2.C2H6O2/c1-3(2)4(5)6;3-1-2-4/h3H,1-2H3,(H,5,6);3-4H,1-2H2. The molecule has 0 aliphatic rings. The molecular formula is C6H14O4. The van der Waals surface area contributed by atoms with Gasteiger partial charge in [0.2, 0.25) is 0 Å². The van der Waals surface area contributed by atoms with Crippen molar-refractivity contribution in [3.63, 3.8) is 0 Å². The highest BCUT2D eigenvalue weighted by Crippen LogP contribution is 1.87. The second kappa shape index (κ2) is 8.39. The maximum atomic E-state index is 9.70. The van der Waals surface area contributed by atoms with E-state index in [1.807, 2.05) is 0 Å². The van der Waals surface area contributed by atoms with Gasteiger partial charge < -0.3 is 15.3 Å². The average molecular weight is 150 g/mol. The van der Waals surface area contributed by atoms with Crippen LogP contribution in [0.5, 0.6) is 0 Å². The summed E-state index contributed by atoms with van der Waals surface area (Å²) in [6.45, 7) is 3.03. The Morgan fingerprint density at radius 2 is 1.50 bits per heavy atom. The third-order valence-electron chi connectivity index (χ3n) is 0.594. The number of hydrogen-bond donors (Lipinski definition) is 3. The monoisotopic (exact) mass is 150 g/mol. The van der Waals surface area contributed by atoms with Gasteiger partial charge in [0.1, 0.15) is 0 Å². The molecule has 0 fully saturated rings. The minimum atomic E-state index is -0.741. The Hall–Kier alpha value is -0.610. The molecule has 0 saturated heterocycles. The number of carboxylic acid groups (broad SMARTS) is 1. The summed E-state index contributed by atoms with van der Waals surface area (Å²) in [4.78, 5) is 9.70. The molecule has 0 spiro atoms. The van der Waals surface area contributed by atoms with Crippen molar-refractivity contribution in [3.8, 4) is 0 Å². The lowest BCUT2D eigenvalue weighted by Gasteiger charge is -1.89. The van der Waals surface area contributed by atoms with Gasteiger partial charge in [-0.2, -0.15) is 0 Å². The fourth-order valence-electron chi connectivity index (χ4n) is 0. The Bertz CT molecular complexity index is 77.8. The van der Waals surface area contributed by atoms with Gasteiger partial charge in [0.25, 0.3) is 0 Å². The highest BCUT2D eigenvalue weighted by Gasteiger charge is 1.99. The third-order valence-corrected chi connectivity index (χ3v) is 0.594. The molecule has 0 aromatic heterocycles. The molecule has 0 unspecified atom stereocenters. The SMILES string of the molecule is CC(C)C(=O)O.OCCO. The zero-order valence-electron chi connectivity index (χ0n) is 6.24. The largest absolute Gasteiger partial charge is 0.481 e. The van der Waals surface area contributed by atoms with E-state index in [-0.39, 0.29) is 19.1 Å². The molecule has 3 N–H and O–H groups in total. The molecule has 0 rings (SSSR count). The zero-order chi connectivity index (χ0) is 8.57. The topological polar surface area (TPSA) is 77.8 Å². The van der Waals surface area contributed by atoms with Gasteiger partial charge >= 0.3 is 5.97 Å². The summed E-state index contributed by atoms with van der Waals surface area (Å²) in [5.74, 6) is -0.972.